The molecule has 0 aliphatic heterocycles. The first-order valence-corrected chi connectivity index (χ1v) is 9.13. The fourth-order valence-electron chi connectivity index (χ4n) is 2.44. The number of halogens is 2. The number of benzene rings is 1. The van der Waals surface area contributed by atoms with E-state index in [0.717, 1.165) is 21.5 Å². The predicted octanol–water partition coefficient (Wildman–Crippen LogP) is 5.48. The minimum Gasteiger partial charge on any atom is -0.352 e. The number of allylic oxidation sites excluding steroid dienone is 3. The maximum Gasteiger partial charge on any atom is 0.244 e. The third-order valence-electron chi connectivity index (χ3n) is 3.86. The number of nitrogens with one attached hydrogen (secondary N) is 1. The van der Waals surface area contributed by atoms with Gasteiger partial charge in [0.25, 0.3) is 0 Å². The van der Waals surface area contributed by atoms with Crippen LogP contribution in [0.5, 0.6) is 0 Å². The Morgan fingerprint density at radius 1 is 1.48 bits per heavy atom. The highest BCUT2D eigenvalue weighted by molar-refractivity contribution is 9.10. The Balaban J connectivity index is 1.87. The molecular formula is C19H23BrClNO. The van der Waals surface area contributed by atoms with Crippen LogP contribution in [0.2, 0.25) is 5.02 Å². The molecule has 4 heteroatoms. The average Bonchev–Trinajstić information content (AvgIpc) is 3.25. The number of hydrogen-bond donors (Lipinski definition) is 1. The van der Waals surface area contributed by atoms with Crippen LogP contribution in [-0.2, 0) is 4.79 Å². The van der Waals surface area contributed by atoms with E-state index in [1.54, 1.807) is 6.08 Å². The van der Waals surface area contributed by atoms with Crippen LogP contribution in [0.3, 0.4) is 0 Å². The number of hydrogen-bond acceptors (Lipinski definition) is 1. The molecule has 0 saturated heterocycles. The zero-order valence-electron chi connectivity index (χ0n) is 13.8. The minimum absolute atomic E-state index is 0.0205. The van der Waals surface area contributed by atoms with E-state index in [4.69, 9.17) is 11.6 Å². The van der Waals surface area contributed by atoms with Gasteiger partial charge in [0.1, 0.15) is 0 Å². The van der Waals surface area contributed by atoms with E-state index in [9.17, 15) is 4.79 Å². The first kappa shape index (κ1) is 18.3. The van der Waals surface area contributed by atoms with Gasteiger partial charge < -0.3 is 5.32 Å². The van der Waals surface area contributed by atoms with Gasteiger partial charge in [-0.05, 0) is 70.3 Å². The van der Waals surface area contributed by atoms with Crippen molar-refractivity contribution in [3.05, 3.63) is 57.1 Å². The fraction of sp³-hybridized carbons (Fsp3) is 0.421. The lowest BCUT2D eigenvalue weighted by Gasteiger charge is -2.04. The Morgan fingerprint density at radius 2 is 2.22 bits per heavy atom. The van der Waals surface area contributed by atoms with Gasteiger partial charge in [0, 0.05) is 17.1 Å². The highest BCUT2D eigenvalue weighted by atomic mass is 79.9. The van der Waals surface area contributed by atoms with Crippen molar-refractivity contribution in [2.75, 3.05) is 6.54 Å². The largest absolute Gasteiger partial charge is 0.352 e. The summed E-state index contributed by atoms with van der Waals surface area (Å²) in [6.07, 6.45) is 7.04. The van der Waals surface area contributed by atoms with Crippen molar-refractivity contribution in [2.45, 2.75) is 33.1 Å². The molecule has 1 fully saturated rings. The third kappa shape index (κ3) is 5.82. The molecule has 1 N–H and O–H groups in total. The molecule has 1 aromatic carbocycles. The Kier molecular flexibility index (Phi) is 6.49. The molecule has 0 spiro atoms. The standard InChI is InChI=1S/C19H23BrClNO/c1-12(2)11-22-19(23)8-13(3)4-5-14-9-16(14)15-6-7-17(20)18(21)10-15/h4-8,10,12,14,16H,9,11H2,1-3H3,(H,22,23)/b5-4+,13-8+/t14-,16-/m1/s1. The topological polar surface area (TPSA) is 29.1 Å². The first-order chi connectivity index (χ1) is 10.9. The number of amides is 1. The molecule has 0 unspecified atom stereocenters. The molecule has 1 amide bonds. The van der Waals surface area contributed by atoms with Gasteiger partial charge in [0.15, 0.2) is 0 Å². The van der Waals surface area contributed by atoms with Gasteiger partial charge in [0.2, 0.25) is 5.91 Å². The third-order valence-corrected chi connectivity index (χ3v) is 5.09. The van der Waals surface area contributed by atoms with Crippen molar-refractivity contribution in [3.8, 4) is 0 Å². The van der Waals surface area contributed by atoms with E-state index in [-0.39, 0.29) is 5.91 Å². The van der Waals surface area contributed by atoms with Gasteiger partial charge >= 0.3 is 0 Å². The van der Waals surface area contributed by atoms with Crippen molar-refractivity contribution in [1.82, 2.24) is 5.32 Å². The Labute approximate surface area is 152 Å². The van der Waals surface area contributed by atoms with Crippen LogP contribution < -0.4 is 5.32 Å². The molecule has 0 bridgehead atoms. The molecule has 0 radical (unpaired) electrons. The number of carbonyl (C=O) groups is 1. The van der Waals surface area contributed by atoms with Crippen LogP contribution in [-0.4, -0.2) is 12.5 Å². The average molecular weight is 397 g/mol. The molecule has 23 heavy (non-hydrogen) atoms. The van der Waals surface area contributed by atoms with Crippen molar-refractivity contribution < 1.29 is 4.79 Å². The summed E-state index contributed by atoms with van der Waals surface area (Å²) in [5.74, 6) is 1.52. The van der Waals surface area contributed by atoms with Crippen LogP contribution in [0, 0.1) is 11.8 Å². The Bertz CT molecular complexity index is 636. The lowest BCUT2D eigenvalue weighted by atomic mass is 10.1. The van der Waals surface area contributed by atoms with Gasteiger partial charge in [0.05, 0.1) is 5.02 Å². The van der Waals surface area contributed by atoms with Gasteiger partial charge in [-0.2, -0.15) is 0 Å². The smallest absolute Gasteiger partial charge is 0.244 e. The predicted molar refractivity (Wildman–Crippen MR) is 101 cm³/mol. The SMILES string of the molecule is CC(/C=C/[C@@H]1C[C@H]1c1ccc(Br)c(Cl)c1)=C\C(=O)NCC(C)C. The van der Waals surface area contributed by atoms with Gasteiger partial charge in [-0.3, -0.25) is 4.79 Å². The van der Waals surface area contributed by atoms with Crippen LogP contribution in [0.4, 0.5) is 0 Å². The summed E-state index contributed by atoms with van der Waals surface area (Å²) in [6, 6.07) is 6.16. The lowest BCUT2D eigenvalue weighted by molar-refractivity contribution is -0.116. The Morgan fingerprint density at radius 3 is 2.87 bits per heavy atom. The summed E-state index contributed by atoms with van der Waals surface area (Å²) in [6.45, 7) is 6.83. The maximum atomic E-state index is 11.7. The molecule has 1 aromatic rings. The van der Waals surface area contributed by atoms with Crippen LogP contribution in [0.1, 0.15) is 38.7 Å². The molecule has 2 nitrogen and oxygen atoms in total. The number of rotatable bonds is 6. The quantitative estimate of drug-likeness (QED) is 0.500. The molecule has 1 aliphatic rings. The van der Waals surface area contributed by atoms with E-state index < -0.39 is 0 Å². The molecule has 1 saturated carbocycles. The second kappa shape index (κ2) is 8.16. The zero-order chi connectivity index (χ0) is 17.0. The molecule has 124 valence electrons. The summed E-state index contributed by atoms with van der Waals surface area (Å²) in [5.41, 5.74) is 2.26. The summed E-state index contributed by atoms with van der Waals surface area (Å²) in [7, 11) is 0. The second-order valence-corrected chi connectivity index (χ2v) is 7.83. The zero-order valence-corrected chi connectivity index (χ0v) is 16.1. The lowest BCUT2D eigenvalue weighted by Crippen LogP contribution is -2.25. The molecule has 0 heterocycles. The van der Waals surface area contributed by atoms with Crippen molar-refractivity contribution in [3.63, 3.8) is 0 Å². The monoisotopic (exact) mass is 395 g/mol. The molecule has 2 rings (SSSR count). The first-order valence-electron chi connectivity index (χ1n) is 7.96. The van der Waals surface area contributed by atoms with Crippen molar-refractivity contribution >= 4 is 33.4 Å². The number of carbonyl (C=O) groups excluding carboxylic acids is 1. The van der Waals surface area contributed by atoms with E-state index in [2.05, 4.69) is 47.2 Å². The van der Waals surface area contributed by atoms with Crippen LogP contribution in [0.15, 0.2) is 46.5 Å². The molecule has 2 atom stereocenters. The van der Waals surface area contributed by atoms with E-state index in [1.807, 2.05) is 25.1 Å². The summed E-state index contributed by atoms with van der Waals surface area (Å²) < 4.78 is 0.932. The Hall–Kier alpha value is -1.06. The maximum absolute atomic E-state index is 11.7. The summed E-state index contributed by atoms with van der Waals surface area (Å²) in [4.78, 5) is 11.7. The van der Waals surface area contributed by atoms with Gasteiger partial charge in [-0.25, -0.2) is 0 Å². The summed E-state index contributed by atoms with van der Waals surface area (Å²) in [5, 5.41) is 3.65. The van der Waals surface area contributed by atoms with Crippen LogP contribution >= 0.6 is 27.5 Å². The van der Waals surface area contributed by atoms with Crippen molar-refractivity contribution in [1.29, 1.82) is 0 Å². The van der Waals surface area contributed by atoms with E-state index in [0.29, 0.717) is 24.3 Å². The fourth-order valence-corrected chi connectivity index (χ4v) is 2.88. The summed E-state index contributed by atoms with van der Waals surface area (Å²) >= 11 is 9.57. The molecule has 0 aromatic heterocycles. The van der Waals surface area contributed by atoms with E-state index in [1.165, 1.54) is 5.56 Å². The van der Waals surface area contributed by atoms with Gasteiger partial charge in [-0.15, -0.1) is 0 Å². The van der Waals surface area contributed by atoms with Crippen LogP contribution in [0.25, 0.3) is 0 Å². The highest BCUT2D eigenvalue weighted by Gasteiger charge is 2.36. The van der Waals surface area contributed by atoms with Gasteiger partial charge in [-0.1, -0.05) is 43.7 Å². The highest BCUT2D eigenvalue weighted by Crippen LogP contribution is 2.49. The molecule has 1 aliphatic carbocycles. The minimum atomic E-state index is -0.0205. The normalized spacial score (nSPS) is 21.0. The van der Waals surface area contributed by atoms with E-state index >= 15 is 0 Å². The molecular weight excluding hydrogens is 374 g/mol. The second-order valence-electron chi connectivity index (χ2n) is 6.57. The van der Waals surface area contributed by atoms with Crippen molar-refractivity contribution in [2.24, 2.45) is 11.8 Å².